The molecule has 2 unspecified atom stereocenters. The molecule has 0 spiro atoms. The number of halogens is 1. The molecule has 2 heterocycles. The van der Waals surface area contributed by atoms with E-state index in [-0.39, 0.29) is 0 Å². The first kappa shape index (κ1) is 12.9. The molecule has 2 aliphatic heterocycles. The van der Waals surface area contributed by atoms with Crippen molar-refractivity contribution in [1.82, 2.24) is 9.80 Å². The second-order valence-corrected chi connectivity index (χ2v) is 6.94. The summed E-state index contributed by atoms with van der Waals surface area (Å²) in [6.45, 7) is 7.33. The van der Waals surface area contributed by atoms with Crippen LogP contribution in [0.5, 0.6) is 0 Å². The minimum Gasteiger partial charge on any atom is -0.298 e. The predicted molar refractivity (Wildman–Crippen MR) is 83.6 cm³/mol. The second kappa shape index (κ2) is 5.47. The molecule has 98 valence electrons. The lowest BCUT2D eigenvalue weighted by Gasteiger charge is -2.42. The molecule has 0 bridgehead atoms. The van der Waals surface area contributed by atoms with Crippen molar-refractivity contribution in [3.05, 3.63) is 33.4 Å². The molecular weight excluding hydrogens is 335 g/mol. The summed E-state index contributed by atoms with van der Waals surface area (Å²) >= 11 is 2.37. The van der Waals surface area contributed by atoms with E-state index < -0.39 is 0 Å². The quantitative estimate of drug-likeness (QED) is 0.752. The normalized spacial score (nSPS) is 29.4. The van der Waals surface area contributed by atoms with Gasteiger partial charge in [0.15, 0.2) is 0 Å². The Balaban J connectivity index is 1.66. The van der Waals surface area contributed by atoms with Crippen LogP contribution in [0.3, 0.4) is 0 Å². The standard InChI is InChI=1S/C15H21IN2/c1-12-9-17-8-2-3-15(17)11-18(12)10-13-4-6-14(16)7-5-13/h4-7,12,15H,2-3,8-11H2,1H3. The van der Waals surface area contributed by atoms with Gasteiger partial charge in [0.25, 0.3) is 0 Å². The number of fused-ring (bicyclic) bond motifs is 1. The highest BCUT2D eigenvalue weighted by molar-refractivity contribution is 14.1. The molecule has 2 aliphatic rings. The molecule has 0 aliphatic carbocycles. The van der Waals surface area contributed by atoms with Crippen LogP contribution in [0.2, 0.25) is 0 Å². The molecular formula is C15H21IN2. The summed E-state index contributed by atoms with van der Waals surface area (Å²) in [5.41, 5.74) is 1.45. The highest BCUT2D eigenvalue weighted by Crippen LogP contribution is 2.25. The van der Waals surface area contributed by atoms with Gasteiger partial charge in [0, 0.05) is 35.3 Å². The zero-order valence-electron chi connectivity index (χ0n) is 11.0. The summed E-state index contributed by atoms with van der Waals surface area (Å²) in [4.78, 5) is 5.35. The van der Waals surface area contributed by atoms with Crippen LogP contribution in [0.4, 0.5) is 0 Å². The van der Waals surface area contributed by atoms with Crippen molar-refractivity contribution in [1.29, 1.82) is 0 Å². The fourth-order valence-corrected chi connectivity index (χ4v) is 3.65. The van der Waals surface area contributed by atoms with Gasteiger partial charge in [-0.2, -0.15) is 0 Å². The van der Waals surface area contributed by atoms with Crippen molar-refractivity contribution in [2.45, 2.75) is 38.4 Å². The molecule has 0 saturated carbocycles. The monoisotopic (exact) mass is 356 g/mol. The van der Waals surface area contributed by atoms with Gasteiger partial charge in [0.1, 0.15) is 0 Å². The number of nitrogens with zero attached hydrogens (tertiary/aromatic N) is 2. The predicted octanol–water partition coefficient (Wildman–Crippen LogP) is 2.96. The average Bonchev–Trinajstić information content (AvgIpc) is 2.79. The number of hydrogen-bond donors (Lipinski definition) is 0. The lowest BCUT2D eigenvalue weighted by Crippen LogP contribution is -2.54. The van der Waals surface area contributed by atoms with Gasteiger partial charge in [0.2, 0.25) is 0 Å². The summed E-state index contributed by atoms with van der Waals surface area (Å²) in [6, 6.07) is 10.5. The van der Waals surface area contributed by atoms with Crippen LogP contribution in [0.25, 0.3) is 0 Å². The van der Waals surface area contributed by atoms with Crippen molar-refractivity contribution in [3.8, 4) is 0 Å². The van der Waals surface area contributed by atoms with Crippen LogP contribution in [0, 0.1) is 3.57 Å². The fourth-order valence-electron chi connectivity index (χ4n) is 3.29. The van der Waals surface area contributed by atoms with Crippen molar-refractivity contribution in [2.24, 2.45) is 0 Å². The zero-order chi connectivity index (χ0) is 12.5. The largest absolute Gasteiger partial charge is 0.298 e. The lowest BCUT2D eigenvalue weighted by molar-refractivity contribution is 0.0540. The molecule has 0 radical (unpaired) electrons. The molecule has 2 fully saturated rings. The van der Waals surface area contributed by atoms with Crippen molar-refractivity contribution in [3.63, 3.8) is 0 Å². The van der Waals surface area contributed by atoms with Crippen LogP contribution in [-0.2, 0) is 6.54 Å². The maximum Gasteiger partial charge on any atom is 0.0237 e. The first-order valence-corrected chi connectivity index (χ1v) is 8.03. The van der Waals surface area contributed by atoms with Crippen molar-refractivity contribution >= 4 is 22.6 Å². The van der Waals surface area contributed by atoms with E-state index in [1.807, 2.05) is 0 Å². The number of benzene rings is 1. The first-order chi connectivity index (χ1) is 8.72. The van der Waals surface area contributed by atoms with Crippen LogP contribution < -0.4 is 0 Å². The number of hydrogen-bond acceptors (Lipinski definition) is 2. The summed E-state index contributed by atoms with van der Waals surface area (Å²) in [7, 11) is 0. The fraction of sp³-hybridized carbons (Fsp3) is 0.600. The number of rotatable bonds is 2. The molecule has 0 N–H and O–H groups in total. The zero-order valence-corrected chi connectivity index (χ0v) is 13.1. The number of piperazine rings is 1. The first-order valence-electron chi connectivity index (χ1n) is 6.95. The molecule has 2 atom stereocenters. The Bertz CT molecular complexity index is 403. The van der Waals surface area contributed by atoms with Crippen LogP contribution >= 0.6 is 22.6 Å². The Hall–Kier alpha value is -0.130. The third kappa shape index (κ3) is 2.73. The molecule has 1 aromatic rings. The van der Waals surface area contributed by atoms with Crippen LogP contribution in [-0.4, -0.2) is 41.5 Å². The highest BCUT2D eigenvalue weighted by Gasteiger charge is 2.33. The van der Waals surface area contributed by atoms with E-state index in [2.05, 4.69) is 63.6 Å². The topological polar surface area (TPSA) is 6.48 Å². The van der Waals surface area contributed by atoms with Gasteiger partial charge >= 0.3 is 0 Å². The molecule has 3 rings (SSSR count). The van der Waals surface area contributed by atoms with Crippen LogP contribution in [0.1, 0.15) is 25.3 Å². The second-order valence-electron chi connectivity index (χ2n) is 5.70. The minimum absolute atomic E-state index is 0.693. The van der Waals surface area contributed by atoms with Gasteiger partial charge in [-0.1, -0.05) is 12.1 Å². The molecule has 2 nitrogen and oxygen atoms in total. The molecule has 3 heteroatoms. The summed E-state index contributed by atoms with van der Waals surface area (Å²) in [5.74, 6) is 0. The average molecular weight is 356 g/mol. The highest BCUT2D eigenvalue weighted by atomic mass is 127. The minimum atomic E-state index is 0.693. The summed E-state index contributed by atoms with van der Waals surface area (Å²) in [6.07, 6.45) is 2.80. The van der Waals surface area contributed by atoms with E-state index >= 15 is 0 Å². The van der Waals surface area contributed by atoms with E-state index in [0.29, 0.717) is 6.04 Å². The van der Waals surface area contributed by atoms with E-state index in [4.69, 9.17) is 0 Å². The van der Waals surface area contributed by atoms with E-state index in [9.17, 15) is 0 Å². The lowest BCUT2D eigenvalue weighted by atomic mass is 10.1. The van der Waals surface area contributed by atoms with E-state index in [1.54, 1.807) is 0 Å². The van der Waals surface area contributed by atoms with Gasteiger partial charge in [-0.15, -0.1) is 0 Å². The molecule has 0 amide bonds. The Kier molecular flexibility index (Phi) is 3.91. The van der Waals surface area contributed by atoms with E-state index in [0.717, 1.165) is 12.6 Å². The molecule has 1 aromatic carbocycles. The van der Waals surface area contributed by atoms with Gasteiger partial charge in [-0.05, 0) is 66.6 Å². The van der Waals surface area contributed by atoms with Gasteiger partial charge in [-0.3, -0.25) is 9.80 Å². The Morgan fingerprint density at radius 2 is 2.00 bits per heavy atom. The maximum atomic E-state index is 2.69. The molecule has 0 aromatic heterocycles. The Morgan fingerprint density at radius 3 is 2.78 bits per heavy atom. The van der Waals surface area contributed by atoms with Crippen molar-refractivity contribution in [2.75, 3.05) is 19.6 Å². The van der Waals surface area contributed by atoms with Gasteiger partial charge in [0.05, 0.1) is 0 Å². The van der Waals surface area contributed by atoms with Crippen molar-refractivity contribution < 1.29 is 0 Å². The summed E-state index contributed by atoms with van der Waals surface area (Å²) in [5, 5.41) is 0. The maximum absolute atomic E-state index is 2.69. The smallest absolute Gasteiger partial charge is 0.0237 e. The Labute approximate surface area is 123 Å². The Morgan fingerprint density at radius 1 is 1.22 bits per heavy atom. The van der Waals surface area contributed by atoms with Gasteiger partial charge in [-0.25, -0.2) is 0 Å². The SMILES string of the molecule is CC1CN2CCCC2CN1Cc1ccc(I)cc1. The van der Waals surface area contributed by atoms with Gasteiger partial charge < -0.3 is 0 Å². The van der Waals surface area contributed by atoms with E-state index in [1.165, 1.54) is 41.6 Å². The molecule has 18 heavy (non-hydrogen) atoms. The molecule has 2 saturated heterocycles. The third-order valence-electron chi connectivity index (χ3n) is 4.37. The third-order valence-corrected chi connectivity index (χ3v) is 5.08. The van der Waals surface area contributed by atoms with Crippen LogP contribution in [0.15, 0.2) is 24.3 Å². The summed E-state index contributed by atoms with van der Waals surface area (Å²) < 4.78 is 1.32.